The molecule has 3 rings (SSSR count). The van der Waals surface area contributed by atoms with Crippen molar-refractivity contribution in [2.24, 2.45) is 10.7 Å². The summed E-state index contributed by atoms with van der Waals surface area (Å²) in [6.45, 7) is 2.15. The molecule has 0 bridgehead atoms. The van der Waals surface area contributed by atoms with Crippen LogP contribution in [0, 0.1) is 0 Å². The van der Waals surface area contributed by atoms with E-state index in [2.05, 4.69) is 16.4 Å². The van der Waals surface area contributed by atoms with Crippen molar-refractivity contribution < 1.29 is 4.74 Å². The average molecular weight is 308 g/mol. The number of hydrogen-bond acceptors (Lipinski definition) is 2. The Morgan fingerprint density at radius 1 is 1.33 bits per heavy atom. The van der Waals surface area contributed by atoms with Crippen LogP contribution in [0.4, 0.5) is 0 Å². The van der Waals surface area contributed by atoms with Gasteiger partial charge in [-0.3, -0.25) is 4.99 Å². The molecule has 114 valence electrons. The maximum Gasteiger partial charge on any atom is 0.188 e. The van der Waals surface area contributed by atoms with Gasteiger partial charge in [-0.05, 0) is 37.3 Å². The van der Waals surface area contributed by atoms with Crippen LogP contribution in [0.1, 0.15) is 31.2 Å². The second-order valence-electron chi connectivity index (χ2n) is 5.99. The molecule has 1 heterocycles. The standard InChI is InChI=1S/C16H22ClN3O/c17-14-4-2-1-3-13(14)16(7-9-21-10-8-16)11-19-15(18)20-12-5-6-12/h1-4,12H,5-11H2,(H3,18,19,20). The van der Waals surface area contributed by atoms with Crippen molar-refractivity contribution in [3.8, 4) is 0 Å². The lowest BCUT2D eigenvalue weighted by atomic mass is 9.74. The second-order valence-corrected chi connectivity index (χ2v) is 6.40. The summed E-state index contributed by atoms with van der Waals surface area (Å²) in [6.07, 6.45) is 4.24. The van der Waals surface area contributed by atoms with Gasteiger partial charge in [0, 0.05) is 29.7 Å². The third-order valence-electron chi connectivity index (χ3n) is 4.38. The molecule has 1 aromatic rings. The number of ether oxygens (including phenoxy) is 1. The molecule has 1 aliphatic carbocycles. The number of halogens is 1. The van der Waals surface area contributed by atoms with Crippen LogP contribution in [-0.4, -0.2) is 31.8 Å². The van der Waals surface area contributed by atoms with Gasteiger partial charge in [0.15, 0.2) is 5.96 Å². The maximum absolute atomic E-state index is 6.42. The highest BCUT2D eigenvalue weighted by Crippen LogP contribution is 2.38. The molecular weight excluding hydrogens is 286 g/mol. The summed E-state index contributed by atoms with van der Waals surface area (Å²) < 4.78 is 5.53. The number of hydrogen-bond donors (Lipinski definition) is 2. The lowest BCUT2D eigenvalue weighted by Crippen LogP contribution is -2.40. The largest absolute Gasteiger partial charge is 0.381 e. The number of nitrogens with two attached hydrogens (primary N) is 1. The molecular formula is C16H22ClN3O. The van der Waals surface area contributed by atoms with E-state index in [1.165, 1.54) is 12.8 Å². The van der Waals surface area contributed by atoms with Gasteiger partial charge in [0.25, 0.3) is 0 Å². The van der Waals surface area contributed by atoms with Gasteiger partial charge in [0.1, 0.15) is 0 Å². The van der Waals surface area contributed by atoms with Crippen LogP contribution in [0.2, 0.25) is 5.02 Å². The Bertz CT molecular complexity index is 522. The van der Waals surface area contributed by atoms with Crippen molar-refractivity contribution in [2.75, 3.05) is 19.8 Å². The van der Waals surface area contributed by atoms with Crippen LogP contribution >= 0.6 is 11.6 Å². The highest BCUT2D eigenvalue weighted by atomic mass is 35.5. The van der Waals surface area contributed by atoms with Gasteiger partial charge in [-0.1, -0.05) is 29.8 Å². The molecule has 1 aromatic carbocycles. The van der Waals surface area contributed by atoms with Gasteiger partial charge in [0.05, 0.1) is 6.54 Å². The molecule has 21 heavy (non-hydrogen) atoms. The molecule has 2 fully saturated rings. The molecule has 5 heteroatoms. The van der Waals surface area contributed by atoms with Crippen molar-refractivity contribution in [3.05, 3.63) is 34.9 Å². The number of benzene rings is 1. The zero-order chi connectivity index (χ0) is 14.7. The minimum atomic E-state index is -0.0631. The highest BCUT2D eigenvalue weighted by Gasteiger charge is 2.36. The smallest absolute Gasteiger partial charge is 0.188 e. The topological polar surface area (TPSA) is 59.6 Å². The van der Waals surface area contributed by atoms with E-state index in [-0.39, 0.29) is 5.41 Å². The first-order valence-electron chi connectivity index (χ1n) is 7.59. The fraction of sp³-hybridized carbons (Fsp3) is 0.562. The van der Waals surface area contributed by atoms with Gasteiger partial charge in [0.2, 0.25) is 0 Å². The van der Waals surface area contributed by atoms with E-state index in [1.54, 1.807) is 0 Å². The molecule has 2 aliphatic rings. The quantitative estimate of drug-likeness (QED) is 0.663. The first-order chi connectivity index (χ1) is 10.2. The summed E-state index contributed by atoms with van der Waals surface area (Å²) >= 11 is 6.42. The molecule has 0 radical (unpaired) electrons. The number of rotatable bonds is 4. The molecule has 0 aromatic heterocycles. The van der Waals surface area contributed by atoms with Crippen LogP contribution in [0.5, 0.6) is 0 Å². The van der Waals surface area contributed by atoms with Gasteiger partial charge in [-0.15, -0.1) is 0 Å². The Morgan fingerprint density at radius 3 is 2.71 bits per heavy atom. The summed E-state index contributed by atoms with van der Waals surface area (Å²) in [5.41, 5.74) is 7.08. The Hall–Kier alpha value is -1.26. The lowest BCUT2D eigenvalue weighted by molar-refractivity contribution is 0.0531. The fourth-order valence-electron chi connectivity index (χ4n) is 2.89. The molecule has 4 nitrogen and oxygen atoms in total. The number of nitrogens with one attached hydrogen (secondary N) is 1. The molecule has 0 amide bonds. The Labute approximate surface area is 130 Å². The van der Waals surface area contributed by atoms with E-state index < -0.39 is 0 Å². The molecule has 0 spiro atoms. The molecule has 0 atom stereocenters. The minimum absolute atomic E-state index is 0.0631. The molecule has 0 unspecified atom stereocenters. The van der Waals surface area contributed by atoms with E-state index in [0.29, 0.717) is 18.5 Å². The zero-order valence-corrected chi connectivity index (χ0v) is 12.9. The Balaban J connectivity index is 1.81. The van der Waals surface area contributed by atoms with Gasteiger partial charge < -0.3 is 15.8 Å². The van der Waals surface area contributed by atoms with Gasteiger partial charge >= 0.3 is 0 Å². The number of guanidine groups is 1. The normalized spacial score (nSPS) is 22.0. The summed E-state index contributed by atoms with van der Waals surface area (Å²) in [6, 6.07) is 8.58. The van der Waals surface area contributed by atoms with Gasteiger partial charge in [-0.25, -0.2) is 0 Å². The van der Waals surface area contributed by atoms with E-state index in [4.69, 9.17) is 22.1 Å². The monoisotopic (exact) mass is 307 g/mol. The van der Waals surface area contributed by atoms with Crippen LogP contribution in [0.25, 0.3) is 0 Å². The Morgan fingerprint density at radius 2 is 2.05 bits per heavy atom. The summed E-state index contributed by atoms with van der Waals surface area (Å²) in [5, 5.41) is 4.05. The molecule has 1 aliphatic heterocycles. The van der Waals surface area contributed by atoms with Crippen LogP contribution in [0.15, 0.2) is 29.3 Å². The van der Waals surface area contributed by atoms with Crippen molar-refractivity contribution >= 4 is 17.6 Å². The summed E-state index contributed by atoms with van der Waals surface area (Å²) in [5.74, 6) is 0.551. The predicted octanol–water partition coefficient (Wildman–Crippen LogP) is 2.45. The highest BCUT2D eigenvalue weighted by molar-refractivity contribution is 6.31. The molecule has 1 saturated heterocycles. The number of aliphatic imine (C=N–C) groups is 1. The predicted molar refractivity (Wildman–Crippen MR) is 85.8 cm³/mol. The number of nitrogens with zero attached hydrogens (tertiary/aromatic N) is 1. The van der Waals surface area contributed by atoms with E-state index in [1.807, 2.05) is 18.2 Å². The van der Waals surface area contributed by atoms with Crippen LogP contribution in [0.3, 0.4) is 0 Å². The van der Waals surface area contributed by atoms with E-state index in [9.17, 15) is 0 Å². The van der Waals surface area contributed by atoms with Crippen molar-refractivity contribution in [1.29, 1.82) is 0 Å². The zero-order valence-electron chi connectivity index (χ0n) is 12.1. The maximum atomic E-state index is 6.42. The first kappa shape index (κ1) is 14.7. The lowest BCUT2D eigenvalue weighted by Gasteiger charge is -2.37. The second kappa shape index (κ2) is 6.24. The average Bonchev–Trinajstić information content (AvgIpc) is 3.31. The minimum Gasteiger partial charge on any atom is -0.381 e. The van der Waals surface area contributed by atoms with Crippen molar-refractivity contribution in [3.63, 3.8) is 0 Å². The van der Waals surface area contributed by atoms with E-state index in [0.717, 1.165) is 36.6 Å². The van der Waals surface area contributed by atoms with Crippen molar-refractivity contribution in [1.82, 2.24) is 5.32 Å². The van der Waals surface area contributed by atoms with Gasteiger partial charge in [-0.2, -0.15) is 0 Å². The first-order valence-corrected chi connectivity index (χ1v) is 7.97. The van der Waals surface area contributed by atoms with Crippen LogP contribution < -0.4 is 11.1 Å². The SMILES string of the molecule is NC(=NCC1(c2ccccc2Cl)CCOCC1)NC1CC1. The third-order valence-corrected chi connectivity index (χ3v) is 4.71. The fourth-order valence-corrected chi connectivity index (χ4v) is 3.22. The Kier molecular flexibility index (Phi) is 4.36. The molecule has 3 N–H and O–H groups in total. The summed E-state index contributed by atoms with van der Waals surface area (Å²) in [7, 11) is 0. The van der Waals surface area contributed by atoms with E-state index >= 15 is 0 Å². The third kappa shape index (κ3) is 3.50. The van der Waals surface area contributed by atoms with Crippen LogP contribution in [-0.2, 0) is 10.2 Å². The van der Waals surface area contributed by atoms with Crippen molar-refractivity contribution in [2.45, 2.75) is 37.1 Å². The molecule has 1 saturated carbocycles. The summed E-state index contributed by atoms with van der Waals surface area (Å²) in [4.78, 5) is 4.59.